The molecular formula is C14H12N2. The van der Waals surface area contributed by atoms with Crippen LogP contribution < -0.4 is 0 Å². The van der Waals surface area contributed by atoms with Crippen molar-refractivity contribution in [3.05, 3.63) is 60.4 Å². The van der Waals surface area contributed by atoms with Crippen molar-refractivity contribution in [2.75, 3.05) is 0 Å². The summed E-state index contributed by atoms with van der Waals surface area (Å²) in [7, 11) is 0. The molecule has 78 valence electrons. The minimum absolute atomic E-state index is 1.03. The molecule has 2 nitrogen and oxygen atoms in total. The number of rotatable bonds is 1. The molecule has 2 heterocycles. The maximum absolute atomic E-state index is 4.46. The molecule has 2 aromatic heterocycles. The standard InChI is InChI=1S/C14H12N2/c1-11-6-5-9-16-13(10-15-14(11)16)12-7-3-2-4-8-12/h2-10H,1H3. The second-order valence-corrected chi connectivity index (χ2v) is 3.89. The maximum Gasteiger partial charge on any atom is 0.140 e. The highest BCUT2D eigenvalue weighted by atomic mass is 15.0. The van der Waals surface area contributed by atoms with Gasteiger partial charge in [0.1, 0.15) is 5.65 Å². The van der Waals surface area contributed by atoms with Gasteiger partial charge in [0.05, 0.1) is 11.9 Å². The molecule has 0 aliphatic carbocycles. The summed E-state index contributed by atoms with van der Waals surface area (Å²) in [6.07, 6.45) is 3.98. The quantitative estimate of drug-likeness (QED) is 0.599. The lowest BCUT2D eigenvalue weighted by molar-refractivity contribution is 1.17. The van der Waals surface area contributed by atoms with Crippen LogP contribution in [-0.4, -0.2) is 9.38 Å². The van der Waals surface area contributed by atoms with Gasteiger partial charge in [-0.05, 0) is 18.6 Å². The smallest absolute Gasteiger partial charge is 0.140 e. The molecule has 0 radical (unpaired) electrons. The Labute approximate surface area is 94.2 Å². The molecule has 0 spiro atoms. The SMILES string of the molecule is Cc1cccn2c(-c3ccccc3)cnc12. The van der Waals surface area contributed by atoms with Crippen LogP contribution in [0.1, 0.15) is 5.56 Å². The van der Waals surface area contributed by atoms with Crippen LogP contribution >= 0.6 is 0 Å². The normalized spacial score (nSPS) is 10.8. The predicted octanol–water partition coefficient (Wildman–Crippen LogP) is 3.31. The molecule has 0 saturated heterocycles. The Morgan fingerprint density at radius 2 is 1.81 bits per heavy atom. The number of benzene rings is 1. The second kappa shape index (κ2) is 3.49. The molecular weight excluding hydrogens is 196 g/mol. The Bertz CT molecular complexity index is 624. The molecule has 0 amide bonds. The minimum atomic E-state index is 1.03. The summed E-state index contributed by atoms with van der Waals surface area (Å²) < 4.78 is 2.13. The molecule has 0 aliphatic heterocycles. The first-order valence-corrected chi connectivity index (χ1v) is 5.34. The molecule has 0 unspecified atom stereocenters. The molecule has 1 aromatic carbocycles. The summed E-state index contributed by atoms with van der Waals surface area (Å²) in [5.41, 5.74) is 4.56. The van der Waals surface area contributed by atoms with Crippen LogP contribution in [0.4, 0.5) is 0 Å². The van der Waals surface area contributed by atoms with Crippen LogP contribution in [0.25, 0.3) is 16.9 Å². The number of nitrogens with zero attached hydrogens (tertiary/aromatic N) is 2. The lowest BCUT2D eigenvalue weighted by atomic mass is 10.2. The van der Waals surface area contributed by atoms with Gasteiger partial charge in [0.25, 0.3) is 0 Å². The van der Waals surface area contributed by atoms with Gasteiger partial charge in [-0.25, -0.2) is 4.98 Å². The van der Waals surface area contributed by atoms with E-state index < -0.39 is 0 Å². The fraction of sp³-hybridized carbons (Fsp3) is 0.0714. The summed E-state index contributed by atoms with van der Waals surface area (Å²) in [6.45, 7) is 2.08. The molecule has 16 heavy (non-hydrogen) atoms. The lowest BCUT2D eigenvalue weighted by Gasteiger charge is -2.02. The van der Waals surface area contributed by atoms with Gasteiger partial charge in [0.2, 0.25) is 0 Å². The average Bonchev–Trinajstić information content (AvgIpc) is 2.75. The fourth-order valence-corrected chi connectivity index (χ4v) is 1.97. The molecule has 0 bridgehead atoms. The monoisotopic (exact) mass is 208 g/mol. The number of hydrogen-bond donors (Lipinski definition) is 0. The molecule has 3 aromatic rings. The second-order valence-electron chi connectivity index (χ2n) is 3.89. The number of aromatic nitrogens is 2. The topological polar surface area (TPSA) is 17.3 Å². The molecule has 2 heteroatoms. The minimum Gasteiger partial charge on any atom is -0.299 e. The summed E-state index contributed by atoms with van der Waals surface area (Å²) in [6, 6.07) is 14.5. The van der Waals surface area contributed by atoms with Crippen molar-refractivity contribution in [3.63, 3.8) is 0 Å². The number of aryl methyl sites for hydroxylation is 1. The molecule has 0 saturated carbocycles. The van der Waals surface area contributed by atoms with Crippen LogP contribution in [0.2, 0.25) is 0 Å². The number of hydrogen-bond acceptors (Lipinski definition) is 1. The van der Waals surface area contributed by atoms with Gasteiger partial charge in [-0.15, -0.1) is 0 Å². The van der Waals surface area contributed by atoms with Crippen LogP contribution in [0, 0.1) is 6.92 Å². The Morgan fingerprint density at radius 1 is 1.00 bits per heavy atom. The first kappa shape index (κ1) is 9.16. The highest BCUT2D eigenvalue weighted by Crippen LogP contribution is 2.21. The predicted molar refractivity (Wildman–Crippen MR) is 65.4 cm³/mol. The molecule has 0 N–H and O–H groups in total. The number of pyridine rings is 1. The van der Waals surface area contributed by atoms with E-state index in [9.17, 15) is 0 Å². The maximum atomic E-state index is 4.46. The third kappa shape index (κ3) is 1.31. The van der Waals surface area contributed by atoms with Crippen LogP contribution in [-0.2, 0) is 0 Å². The van der Waals surface area contributed by atoms with Gasteiger partial charge in [0, 0.05) is 11.8 Å². The van der Waals surface area contributed by atoms with E-state index in [2.05, 4.69) is 46.8 Å². The van der Waals surface area contributed by atoms with Crippen molar-refractivity contribution >= 4 is 5.65 Å². The van der Waals surface area contributed by atoms with Gasteiger partial charge >= 0.3 is 0 Å². The molecule has 3 rings (SSSR count). The van der Waals surface area contributed by atoms with Gasteiger partial charge in [0.15, 0.2) is 0 Å². The van der Waals surface area contributed by atoms with E-state index in [1.165, 1.54) is 11.1 Å². The molecule has 0 aliphatic rings. The van der Waals surface area contributed by atoms with Gasteiger partial charge < -0.3 is 0 Å². The third-order valence-electron chi connectivity index (χ3n) is 2.80. The van der Waals surface area contributed by atoms with E-state index in [4.69, 9.17) is 0 Å². The van der Waals surface area contributed by atoms with Crippen LogP contribution in [0.15, 0.2) is 54.9 Å². The Hall–Kier alpha value is -2.09. The zero-order valence-corrected chi connectivity index (χ0v) is 9.09. The largest absolute Gasteiger partial charge is 0.299 e. The third-order valence-corrected chi connectivity index (χ3v) is 2.80. The first-order chi connectivity index (χ1) is 7.86. The summed E-state index contributed by atoms with van der Waals surface area (Å²) in [5, 5.41) is 0. The Balaban J connectivity index is 2.30. The van der Waals surface area contributed by atoms with Crippen molar-refractivity contribution in [3.8, 4) is 11.3 Å². The van der Waals surface area contributed by atoms with Crippen molar-refractivity contribution in [2.45, 2.75) is 6.92 Å². The Morgan fingerprint density at radius 3 is 2.62 bits per heavy atom. The van der Waals surface area contributed by atoms with Crippen molar-refractivity contribution in [2.24, 2.45) is 0 Å². The lowest BCUT2D eigenvalue weighted by Crippen LogP contribution is -1.89. The van der Waals surface area contributed by atoms with E-state index in [1.807, 2.05) is 24.4 Å². The zero-order valence-electron chi connectivity index (χ0n) is 9.09. The van der Waals surface area contributed by atoms with E-state index in [0.29, 0.717) is 0 Å². The van der Waals surface area contributed by atoms with E-state index in [0.717, 1.165) is 11.3 Å². The van der Waals surface area contributed by atoms with Crippen LogP contribution in [0.5, 0.6) is 0 Å². The van der Waals surface area contributed by atoms with Crippen molar-refractivity contribution in [1.29, 1.82) is 0 Å². The highest BCUT2D eigenvalue weighted by Gasteiger charge is 2.05. The van der Waals surface area contributed by atoms with Crippen molar-refractivity contribution in [1.82, 2.24) is 9.38 Å². The average molecular weight is 208 g/mol. The van der Waals surface area contributed by atoms with E-state index in [-0.39, 0.29) is 0 Å². The summed E-state index contributed by atoms with van der Waals surface area (Å²) in [4.78, 5) is 4.46. The zero-order chi connectivity index (χ0) is 11.0. The highest BCUT2D eigenvalue weighted by molar-refractivity contribution is 5.64. The fourth-order valence-electron chi connectivity index (χ4n) is 1.97. The number of imidazole rings is 1. The summed E-state index contributed by atoms with van der Waals surface area (Å²) in [5.74, 6) is 0. The number of fused-ring (bicyclic) bond motifs is 1. The molecule has 0 atom stereocenters. The van der Waals surface area contributed by atoms with Gasteiger partial charge in [-0.1, -0.05) is 36.4 Å². The van der Waals surface area contributed by atoms with Crippen molar-refractivity contribution < 1.29 is 0 Å². The first-order valence-electron chi connectivity index (χ1n) is 5.34. The molecule has 0 fully saturated rings. The van der Waals surface area contributed by atoms with Gasteiger partial charge in [-0.3, -0.25) is 4.40 Å². The Kier molecular flexibility index (Phi) is 2.00. The van der Waals surface area contributed by atoms with Crippen LogP contribution in [0.3, 0.4) is 0 Å². The summed E-state index contributed by atoms with van der Waals surface area (Å²) >= 11 is 0. The van der Waals surface area contributed by atoms with E-state index >= 15 is 0 Å². The van der Waals surface area contributed by atoms with Gasteiger partial charge in [-0.2, -0.15) is 0 Å². The van der Waals surface area contributed by atoms with E-state index in [1.54, 1.807) is 0 Å².